The summed E-state index contributed by atoms with van der Waals surface area (Å²) in [5, 5.41) is 0. The average Bonchev–Trinajstić information content (AvgIpc) is 2.62. The average molecular weight is 420 g/mol. The molecule has 1 rings (SSSR count). The minimum absolute atomic E-state index is 0.334. The van der Waals surface area contributed by atoms with Gasteiger partial charge in [-0.25, -0.2) is 0 Å². The van der Waals surface area contributed by atoms with Crippen molar-refractivity contribution in [2.45, 2.75) is 80.6 Å². The van der Waals surface area contributed by atoms with Gasteiger partial charge in [0, 0.05) is 0 Å². The van der Waals surface area contributed by atoms with E-state index in [0.29, 0.717) is 12.1 Å². The molecule has 0 unspecified atom stereocenters. The Hall–Kier alpha value is -0.357. The summed E-state index contributed by atoms with van der Waals surface area (Å²) in [6.07, 6.45) is 0. The van der Waals surface area contributed by atoms with E-state index in [-0.39, 0.29) is 15.7 Å². The predicted octanol–water partition coefficient (Wildman–Crippen LogP) is 3.73. The first kappa shape index (κ1) is 23.7. The van der Waals surface area contributed by atoms with Gasteiger partial charge in [-0.3, -0.25) is 0 Å². The molecule has 0 N–H and O–H groups in total. The van der Waals surface area contributed by atoms with Crippen molar-refractivity contribution in [1.29, 1.82) is 0 Å². The Kier molecular flexibility index (Phi) is 11.1. The SMILES string of the molecule is CCN(CC)Cc1cccc(CN(CC)CC)[c]1[Ge][N](C(C)C)C(C)C. The minimum atomic E-state index is -0.334. The monoisotopic (exact) mass is 421 g/mol. The zero-order valence-corrected chi connectivity index (χ0v) is 20.6. The van der Waals surface area contributed by atoms with Crippen LogP contribution in [-0.2, 0) is 13.1 Å². The molecule has 1 aromatic carbocycles. The summed E-state index contributed by atoms with van der Waals surface area (Å²) in [5.74, 6) is 0. The van der Waals surface area contributed by atoms with Crippen molar-refractivity contribution in [2.75, 3.05) is 26.2 Å². The molecule has 0 spiro atoms. The first-order valence-corrected chi connectivity index (χ1v) is 12.5. The summed E-state index contributed by atoms with van der Waals surface area (Å²) in [5.41, 5.74) is 3.12. The molecule has 3 nitrogen and oxygen atoms in total. The van der Waals surface area contributed by atoms with Gasteiger partial charge in [0.2, 0.25) is 0 Å². The van der Waals surface area contributed by atoms with Gasteiger partial charge < -0.3 is 0 Å². The Bertz CT molecular complexity index is 468. The number of benzene rings is 1. The van der Waals surface area contributed by atoms with Crippen molar-refractivity contribution >= 4 is 20.0 Å². The Morgan fingerprint density at radius 3 is 1.42 bits per heavy atom. The van der Waals surface area contributed by atoms with Crippen LogP contribution in [0.2, 0.25) is 0 Å². The molecule has 0 aliphatic rings. The van der Waals surface area contributed by atoms with E-state index in [1.165, 1.54) is 0 Å². The van der Waals surface area contributed by atoms with Crippen LogP contribution in [0.15, 0.2) is 18.2 Å². The van der Waals surface area contributed by atoms with Crippen LogP contribution in [0, 0.1) is 0 Å². The van der Waals surface area contributed by atoms with Crippen LogP contribution in [0.1, 0.15) is 66.5 Å². The van der Waals surface area contributed by atoms with E-state index in [0.717, 1.165) is 39.3 Å². The molecule has 0 amide bonds. The van der Waals surface area contributed by atoms with Gasteiger partial charge in [-0.15, -0.1) is 0 Å². The number of nitrogens with zero attached hydrogens (tertiary/aromatic N) is 3. The molecule has 0 bridgehead atoms. The molecule has 0 aliphatic carbocycles. The van der Waals surface area contributed by atoms with Crippen molar-refractivity contribution in [2.24, 2.45) is 0 Å². The molecule has 0 aromatic heterocycles. The first-order chi connectivity index (χ1) is 12.4. The molecule has 0 saturated carbocycles. The molecule has 1 aromatic rings. The normalized spacial score (nSPS) is 12.3. The quantitative estimate of drug-likeness (QED) is 0.478. The van der Waals surface area contributed by atoms with Gasteiger partial charge in [0.05, 0.1) is 0 Å². The third-order valence-electron chi connectivity index (χ3n) is 5.17. The Morgan fingerprint density at radius 1 is 0.731 bits per heavy atom. The fourth-order valence-electron chi connectivity index (χ4n) is 3.42. The standard InChI is InChI=1S/C22H41GeN3/c1-9-24(10-2)16-20-14-13-15-21(17-25(11-3)12-4)22(20)23-26(18(5)6)19(7)8/h13-15,18-19H,9-12,16-17H2,1-8H3. The summed E-state index contributed by atoms with van der Waals surface area (Å²) in [6.45, 7) is 25.1. The molecule has 0 heterocycles. The third kappa shape index (κ3) is 6.99. The van der Waals surface area contributed by atoms with Gasteiger partial charge in [0.1, 0.15) is 0 Å². The van der Waals surface area contributed by atoms with Crippen LogP contribution in [0.5, 0.6) is 0 Å². The summed E-state index contributed by atoms with van der Waals surface area (Å²) in [7, 11) is 0. The summed E-state index contributed by atoms with van der Waals surface area (Å²) >= 11 is -0.334. The molecule has 2 radical (unpaired) electrons. The van der Waals surface area contributed by atoms with Crippen LogP contribution >= 0.6 is 0 Å². The molecule has 0 saturated heterocycles. The Morgan fingerprint density at radius 2 is 1.12 bits per heavy atom. The van der Waals surface area contributed by atoms with E-state index in [4.69, 9.17) is 0 Å². The number of hydrogen-bond acceptors (Lipinski definition) is 3. The summed E-state index contributed by atoms with van der Waals surface area (Å²) < 4.78 is 4.42. The maximum atomic E-state index is 2.74. The number of hydrogen-bond donors (Lipinski definition) is 0. The molecule has 0 aliphatic heterocycles. The van der Waals surface area contributed by atoms with Gasteiger partial charge in [-0.2, -0.15) is 0 Å². The topological polar surface area (TPSA) is 9.72 Å². The molecule has 4 heteroatoms. The van der Waals surface area contributed by atoms with Crippen LogP contribution < -0.4 is 4.40 Å². The third-order valence-corrected chi connectivity index (χ3v) is 9.69. The second-order valence-corrected chi connectivity index (χ2v) is 10.2. The number of rotatable bonds is 12. The van der Waals surface area contributed by atoms with E-state index in [2.05, 4.69) is 87.2 Å². The zero-order chi connectivity index (χ0) is 19.7. The van der Waals surface area contributed by atoms with Crippen molar-refractivity contribution in [3.63, 3.8) is 0 Å². The summed E-state index contributed by atoms with van der Waals surface area (Å²) in [4.78, 5) is 5.09. The van der Waals surface area contributed by atoms with E-state index in [1.807, 2.05) is 0 Å². The van der Waals surface area contributed by atoms with Crippen LogP contribution in [0.25, 0.3) is 0 Å². The second-order valence-electron chi connectivity index (χ2n) is 7.58. The predicted molar refractivity (Wildman–Crippen MR) is 117 cm³/mol. The van der Waals surface area contributed by atoms with Gasteiger partial charge in [-0.1, -0.05) is 0 Å². The van der Waals surface area contributed by atoms with E-state index >= 15 is 0 Å². The fraction of sp³-hybridized carbons (Fsp3) is 0.727. The molecular weight excluding hydrogens is 379 g/mol. The summed E-state index contributed by atoms with van der Waals surface area (Å²) in [6, 6.07) is 8.25. The zero-order valence-electron chi connectivity index (χ0n) is 18.5. The van der Waals surface area contributed by atoms with Crippen LogP contribution in [0.3, 0.4) is 0 Å². The molecule has 0 atom stereocenters. The van der Waals surface area contributed by atoms with Gasteiger partial charge in [0.25, 0.3) is 0 Å². The van der Waals surface area contributed by atoms with E-state index in [1.54, 1.807) is 15.5 Å². The first-order valence-electron chi connectivity index (χ1n) is 10.5. The van der Waals surface area contributed by atoms with Crippen molar-refractivity contribution in [1.82, 2.24) is 13.7 Å². The fourth-order valence-corrected chi connectivity index (χ4v) is 6.33. The second kappa shape index (κ2) is 12.2. The molecular formula is C22H41GeN3. The van der Waals surface area contributed by atoms with Gasteiger partial charge in [-0.05, 0) is 0 Å². The van der Waals surface area contributed by atoms with E-state index in [9.17, 15) is 0 Å². The van der Waals surface area contributed by atoms with Gasteiger partial charge in [0.15, 0.2) is 0 Å². The molecule has 26 heavy (non-hydrogen) atoms. The Balaban J connectivity index is 3.27. The van der Waals surface area contributed by atoms with Crippen molar-refractivity contribution in [3.05, 3.63) is 29.3 Å². The van der Waals surface area contributed by atoms with Crippen LogP contribution in [0.4, 0.5) is 0 Å². The van der Waals surface area contributed by atoms with Crippen molar-refractivity contribution in [3.8, 4) is 0 Å². The van der Waals surface area contributed by atoms with Crippen molar-refractivity contribution < 1.29 is 0 Å². The van der Waals surface area contributed by atoms with Crippen LogP contribution in [-0.4, -0.2) is 67.6 Å². The molecule has 148 valence electrons. The molecule has 0 fully saturated rings. The maximum absolute atomic E-state index is 2.74. The Labute approximate surface area is 169 Å². The van der Waals surface area contributed by atoms with Gasteiger partial charge >= 0.3 is 170 Å². The van der Waals surface area contributed by atoms with E-state index < -0.39 is 0 Å².